The van der Waals surface area contributed by atoms with E-state index in [0.29, 0.717) is 29.7 Å². The van der Waals surface area contributed by atoms with Crippen molar-refractivity contribution in [3.05, 3.63) is 52.2 Å². The fourth-order valence-corrected chi connectivity index (χ4v) is 3.59. The highest BCUT2D eigenvalue weighted by atomic mass is 35.5. The number of halogens is 1. The molecule has 0 bridgehead atoms. The van der Waals surface area contributed by atoms with Gasteiger partial charge in [0.1, 0.15) is 0 Å². The number of aromatic nitrogens is 2. The van der Waals surface area contributed by atoms with Crippen LogP contribution in [0.3, 0.4) is 0 Å². The molecule has 24 heavy (non-hydrogen) atoms. The molecule has 5 nitrogen and oxygen atoms in total. The largest absolute Gasteiger partial charge is 0.339 e. The highest BCUT2D eigenvalue weighted by Crippen LogP contribution is 2.33. The molecule has 1 unspecified atom stereocenters. The van der Waals surface area contributed by atoms with Gasteiger partial charge in [0.2, 0.25) is 17.6 Å². The van der Waals surface area contributed by atoms with E-state index in [1.165, 1.54) is 0 Å². The van der Waals surface area contributed by atoms with Crippen molar-refractivity contribution in [2.24, 2.45) is 0 Å². The van der Waals surface area contributed by atoms with Crippen molar-refractivity contribution in [2.45, 2.75) is 19.3 Å². The second-order valence-corrected chi connectivity index (χ2v) is 7.13. The molecule has 1 amide bonds. The molecule has 0 aliphatic carbocycles. The minimum atomic E-state index is -0.0882. The van der Waals surface area contributed by atoms with E-state index in [1.54, 1.807) is 16.2 Å². The Hall–Kier alpha value is -2.18. The van der Waals surface area contributed by atoms with E-state index in [4.69, 9.17) is 16.1 Å². The van der Waals surface area contributed by atoms with Crippen molar-refractivity contribution < 1.29 is 9.32 Å². The number of anilines is 1. The number of hydrogen-bond acceptors (Lipinski definition) is 5. The van der Waals surface area contributed by atoms with Gasteiger partial charge in [-0.2, -0.15) is 4.98 Å². The van der Waals surface area contributed by atoms with Crippen molar-refractivity contribution in [3.63, 3.8) is 0 Å². The van der Waals surface area contributed by atoms with Crippen LogP contribution in [0.5, 0.6) is 0 Å². The van der Waals surface area contributed by atoms with Crippen LogP contribution in [0.15, 0.2) is 40.2 Å². The lowest BCUT2D eigenvalue weighted by molar-refractivity contribution is -0.117. The van der Waals surface area contributed by atoms with Gasteiger partial charge in [-0.3, -0.25) is 4.79 Å². The third-order valence-corrected chi connectivity index (χ3v) is 5.40. The summed E-state index contributed by atoms with van der Waals surface area (Å²) in [4.78, 5) is 19.6. The van der Waals surface area contributed by atoms with Gasteiger partial charge in [0.05, 0.1) is 10.8 Å². The summed E-state index contributed by atoms with van der Waals surface area (Å²) in [6.07, 6.45) is 0.369. The molecule has 1 saturated heterocycles. The molecule has 1 aliphatic rings. The van der Waals surface area contributed by atoms with Gasteiger partial charge in [0.15, 0.2) is 0 Å². The van der Waals surface area contributed by atoms with E-state index in [2.05, 4.69) is 10.1 Å². The first kappa shape index (κ1) is 15.4. The van der Waals surface area contributed by atoms with Crippen molar-refractivity contribution in [3.8, 4) is 10.7 Å². The summed E-state index contributed by atoms with van der Waals surface area (Å²) >= 11 is 7.62. The molecular formula is C17H14ClN3O2S. The fraction of sp³-hybridized carbons (Fsp3) is 0.235. The Kier molecular flexibility index (Phi) is 3.86. The van der Waals surface area contributed by atoms with Crippen molar-refractivity contribution in [1.29, 1.82) is 0 Å². The van der Waals surface area contributed by atoms with Crippen LogP contribution >= 0.6 is 22.9 Å². The number of carbonyl (C=O) groups is 1. The third kappa shape index (κ3) is 2.72. The Morgan fingerprint density at radius 1 is 1.38 bits per heavy atom. The van der Waals surface area contributed by atoms with Crippen molar-refractivity contribution in [1.82, 2.24) is 10.1 Å². The molecule has 0 N–H and O–H groups in total. The summed E-state index contributed by atoms with van der Waals surface area (Å²) in [6.45, 7) is 2.46. The van der Waals surface area contributed by atoms with Gasteiger partial charge >= 0.3 is 0 Å². The van der Waals surface area contributed by atoms with E-state index in [1.807, 2.05) is 42.6 Å². The van der Waals surface area contributed by atoms with Gasteiger partial charge in [-0.15, -0.1) is 11.3 Å². The third-order valence-electron chi connectivity index (χ3n) is 4.11. The minimum Gasteiger partial charge on any atom is -0.339 e. The van der Waals surface area contributed by atoms with E-state index < -0.39 is 0 Å². The highest BCUT2D eigenvalue weighted by Gasteiger charge is 2.35. The molecule has 1 atom stereocenters. The van der Waals surface area contributed by atoms with Gasteiger partial charge in [-0.1, -0.05) is 22.8 Å². The van der Waals surface area contributed by atoms with Crippen LogP contribution in [0.4, 0.5) is 5.69 Å². The van der Waals surface area contributed by atoms with Crippen LogP contribution in [-0.4, -0.2) is 22.6 Å². The summed E-state index contributed by atoms with van der Waals surface area (Å²) in [7, 11) is 0. The molecule has 4 rings (SSSR count). The second-order valence-electron chi connectivity index (χ2n) is 5.77. The Labute approximate surface area is 147 Å². The maximum Gasteiger partial charge on any atom is 0.232 e. The number of hydrogen-bond donors (Lipinski definition) is 0. The average Bonchev–Trinajstić information content (AvgIpc) is 3.28. The van der Waals surface area contributed by atoms with E-state index in [-0.39, 0.29) is 11.8 Å². The number of amides is 1. The molecule has 0 spiro atoms. The topological polar surface area (TPSA) is 59.2 Å². The zero-order chi connectivity index (χ0) is 16.7. The number of thiophene rings is 1. The number of rotatable bonds is 3. The molecule has 0 radical (unpaired) electrons. The quantitative estimate of drug-likeness (QED) is 0.700. The Bertz CT molecular complexity index is 891. The maximum absolute atomic E-state index is 12.4. The van der Waals surface area contributed by atoms with E-state index in [9.17, 15) is 4.79 Å². The molecule has 1 fully saturated rings. The van der Waals surface area contributed by atoms with Gasteiger partial charge < -0.3 is 9.42 Å². The number of benzene rings is 1. The zero-order valence-corrected chi connectivity index (χ0v) is 14.5. The van der Waals surface area contributed by atoms with Crippen LogP contribution in [0.1, 0.15) is 23.8 Å². The Morgan fingerprint density at radius 2 is 2.25 bits per heavy atom. The van der Waals surface area contributed by atoms with Crippen molar-refractivity contribution >= 4 is 34.5 Å². The van der Waals surface area contributed by atoms with Gasteiger partial charge in [0.25, 0.3) is 0 Å². The fourth-order valence-electron chi connectivity index (χ4n) is 2.83. The number of nitrogens with zero attached hydrogens (tertiary/aromatic N) is 3. The summed E-state index contributed by atoms with van der Waals surface area (Å²) in [6, 6.07) is 9.49. The highest BCUT2D eigenvalue weighted by molar-refractivity contribution is 7.13. The lowest BCUT2D eigenvalue weighted by Gasteiger charge is -2.17. The van der Waals surface area contributed by atoms with Gasteiger partial charge in [0, 0.05) is 23.7 Å². The molecule has 3 aromatic rings. The molecule has 0 saturated carbocycles. The molecule has 7 heteroatoms. The SMILES string of the molecule is Cc1cc(N2CC(c3nc(-c4cccs4)no3)CC2=O)ccc1Cl. The molecule has 122 valence electrons. The zero-order valence-electron chi connectivity index (χ0n) is 12.9. The monoisotopic (exact) mass is 359 g/mol. The minimum absolute atomic E-state index is 0.0533. The Morgan fingerprint density at radius 3 is 3.00 bits per heavy atom. The first-order valence-corrected chi connectivity index (χ1v) is 8.81. The van der Waals surface area contributed by atoms with Crippen LogP contribution in [0, 0.1) is 6.92 Å². The summed E-state index contributed by atoms with van der Waals surface area (Å²) in [5.41, 5.74) is 1.80. The lowest BCUT2D eigenvalue weighted by Crippen LogP contribution is -2.24. The maximum atomic E-state index is 12.4. The molecular weight excluding hydrogens is 346 g/mol. The first-order valence-electron chi connectivity index (χ1n) is 7.56. The standard InChI is InChI=1S/C17H14ClN3O2S/c1-10-7-12(4-5-13(10)18)21-9-11(8-15(21)22)17-19-16(20-23-17)14-3-2-6-24-14/h2-7,11H,8-9H2,1H3. The van der Waals surface area contributed by atoms with Crippen LogP contribution < -0.4 is 4.90 Å². The second kappa shape index (κ2) is 6.03. The molecule has 1 aromatic carbocycles. The van der Waals surface area contributed by atoms with Crippen LogP contribution in [0.2, 0.25) is 5.02 Å². The smallest absolute Gasteiger partial charge is 0.232 e. The lowest BCUT2D eigenvalue weighted by atomic mass is 10.1. The van der Waals surface area contributed by atoms with Crippen LogP contribution in [-0.2, 0) is 4.79 Å². The first-order chi connectivity index (χ1) is 11.6. The normalized spacial score (nSPS) is 17.7. The number of carbonyl (C=O) groups excluding carboxylic acids is 1. The summed E-state index contributed by atoms with van der Waals surface area (Å²) in [5.74, 6) is 1.06. The summed E-state index contributed by atoms with van der Waals surface area (Å²) < 4.78 is 5.39. The summed E-state index contributed by atoms with van der Waals surface area (Å²) in [5, 5.41) is 6.69. The predicted octanol–water partition coefficient (Wildman–Crippen LogP) is 4.28. The van der Waals surface area contributed by atoms with E-state index in [0.717, 1.165) is 16.1 Å². The predicted molar refractivity (Wildman–Crippen MR) is 93.5 cm³/mol. The van der Waals surface area contributed by atoms with E-state index >= 15 is 0 Å². The van der Waals surface area contributed by atoms with Gasteiger partial charge in [-0.05, 0) is 42.1 Å². The van der Waals surface area contributed by atoms with Crippen molar-refractivity contribution in [2.75, 3.05) is 11.4 Å². The molecule has 2 aromatic heterocycles. The van der Waals surface area contributed by atoms with Gasteiger partial charge in [-0.25, -0.2) is 0 Å². The molecule has 1 aliphatic heterocycles. The average molecular weight is 360 g/mol. The number of aryl methyl sites for hydroxylation is 1. The molecule has 3 heterocycles. The Balaban J connectivity index is 1.56. The van der Waals surface area contributed by atoms with Crippen LogP contribution in [0.25, 0.3) is 10.7 Å².